The molecule has 6 heteroatoms. The first kappa shape index (κ1) is 15.0. The molecular weight excluding hydrogens is 294 g/mol. The molecule has 0 bridgehead atoms. The minimum absolute atomic E-state index is 0.299. The van der Waals surface area contributed by atoms with E-state index in [0.717, 1.165) is 17.7 Å². The quantitative estimate of drug-likeness (QED) is 0.698. The second-order valence-electron chi connectivity index (χ2n) is 5.09. The van der Waals surface area contributed by atoms with Gasteiger partial charge < -0.3 is 9.47 Å². The molecule has 1 amide bonds. The molecule has 0 saturated heterocycles. The zero-order valence-electron chi connectivity index (χ0n) is 12.8. The van der Waals surface area contributed by atoms with Crippen LogP contribution in [0, 0.1) is 0 Å². The van der Waals surface area contributed by atoms with Crippen molar-refractivity contribution in [1.29, 1.82) is 0 Å². The van der Waals surface area contributed by atoms with Crippen molar-refractivity contribution in [2.45, 2.75) is 13.3 Å². The lowest BCUT2D eigenvalue weighted by Crippen LogP contribution is -2.19. The molecule has 1 aromatic carbocycles. The summed E-state index contributed by atoms with van der Waals surface area (Å²) in [7, 11) is 0. The van der Waals surface area contributed by atoms with Gasteiger partial charge in [0.05, 0.1) is 24.5 Å². The lowest BCUT2D eigenvalue weighted by atomic mass is 10.1. The van der Waals surface area contributed by atoms with Crippen LogP contribution < -0.4 is 14.9 Å². The number of carbonyl (C=O) groups excluding carboxylic acids is 1. The van der Waals surface area contributed by atoms with E-state index in [1.54, 1.807) is 18.3 Å². The maximum absolute atomic E-state index is 12.0. The van der Waals surface area contributed by atoms with Crippen molar-refractivity contribution in [3.8, 4) is 11.5 Å². The van der Waals surface area contributed by atoms with E-state index in [-0.39, 0.29) is 5.91 Å². The Bertz CT molecular complexity index is 729. The van der Waals surface area contributed by atoms with Crippen molar-refractivity contribution in [3.05, 3.63) is 53.9 Å². The Morgan fingerprint density at radius 3 is 2.78 bits per heavy atom. The van der Waals surface area contributed by atoms with Crippen LogP contribution in [0.15, 0.2) is 47.8 Å². The lowest BCUT2D eigenvalue weighted by Gasteiger charge is -2.09. The molecule has 23 heavy (non-hydrogen) atoms. The molecule has 0 radical (unpaired) electrons. The van der Waals surface area contributed by atoms with Crippen molar-refractivity contribution in [1.82, 2.24) is 10.4 Å². The number of hydrogen-bond donors (Lipinski definition) is 1. The second-order valence-corrected chi connectivity index (χ2v) is 5.09. The number of nitrogens with zero attached hydrogens (tertiary/aromatic N) is 2. The highest BCUT2D eigenvalue weighted by molar-refractivity contribution is 6.01. The van der Waals surface area contributed by atoms with Gasteiger partial charge in [-0.1, -0.05) is 0 Å². The summed E-state index contributed by atoms with van der Waals surface area (Å²) >= 11 is 0. The number of pyridine rings is 1. The molecule has 1 aliphatic rings. The van der Waals surface area contributed by atoms with Crippen molar-refractivity contribution in [3.63, 3.8) is 0 Å². The molecule has 2 heterocycles. The van der Waals surface area contributed by atoms with E-state index in [0.29, 0.717) is 30.2 Å². The molecule has 1 aliphatic heterocycles. The molecule has 0 unspecified atom stereocenters. The molecule has 1 N–H and O–H groups in total. The molecule has 3 rings (SSSR count). The predicted octanol–water partition coefficient (Wildman–Crippen LogP) is 2.40. The Labute approximate surface area is 134 Å². The van der Waals surface area contributed by atoms with Gasteiger partial charge in [-0.25, -0.2) is 5.43 Å². The first-order valence-corrected chi connectivity index (χ1v) is 7.39. The Morgan fingerprint density at radius 2 is 2.00 bits per heavy atom. The van der Waals surface area contributed by atoms with Gasteiger partial charge >= 0.3 is 0 Å². The molecule has 6 nitrogen and oxygen atoms in total. The van der Waals surface area contributed by atoms with Crippen molar-refractivity contribution >= 4 is 11.6 Å². The van der Waals surface area contributed by atoms with E-state index >= 15 is 0 Å². The maximum atomic E-state index is 12.0. The van der Waals surface area contributed by atoms with E-state index < -0.39 is 0 Å². The third-order valence-electron chi connectivity index (χ3n) is 3.41. The number of hydrazone groups is 1. The number of nitrogens with one attached hydrogen (secondary N) is 1. The molecule has 0 fully saturated rings. The van der Waals surface area contributed by atoms with Crippen molar-refractivity contribution < 1.29 is 14.3 Å². The molecule has 0 aliphatic carbocycles. The summed E-state index contributed by atoms with van der Waals surface area (Å²) in [5, 5.41) is 4.14. The highest BCUT2D eigenvalue weighted by atomic mass is 16.5. The summed E-state index contributed by atoms with van der Waals surface area (Å²) < 4.78 is 11.3. The largest absolute Gasteiger partial charge is 0.490 e. The van der Waals surface area contributed by atoms with Crippen LogP contribution >= 0.6 is 0 Å². The first-order valence-electron chi connectivity index (χ1n) is 7.39. The number of benzene rings is 1. The molecular formula is C17H17N3O3. The summed E-state index contributed by atoms with van der Waals surface area (Å²) in [6, 6.07) is 9.01. The minimum Gasteiger partial charge on any atom is -0.490 e. The van der Waals surface area contributed by atoms with Crippen LogP contribution in [-0.2, 0) is 0 Å². The van der Waals surface area contributed by atoms with E-state index in [4.69, 9.17) is 9.47 Å². The number of amides is 1. The number of ether oxygens (including phenoxy) is 2. The summed E-state index contributed by atoms with van der Waals surface area (Å²) in [6.07, 6.45) is 3.97. The average molecular weight is 311 g/mol. The van der Waals surface area contributed by atoms with Crippen molar-refractivity contribution in [2.75, 3.05) is 13.2 Å². The van der Waals surface area contributed by atoms with Gasteiger partial charge in [0.2, 0.25) is 0 Å². The number of fused-ring (bicyclic) bond motifs is 1. The van der Waals surface area contributed by atoms with Crippen LogP contribution in [0.5, 0.6) is 11.5 Å². The highest BCUT2D eigenvalue weighted by Gasteiger charge is 2.12. The van der Waals surface area contributed by atoms with E-state index in [1.165, 1.54) is 6.20 Å². The fourth-order valence-electron chi connectivity index (χ4n) is 2.15. The minimum atomic E-state index is -0.299. The van der Waals surface area contributed by atoms with Gasteiger partial charge in [0.25, 0.3) is 5.91 Å². The fourth-order valence-corrected chi connectivity index (χ4v) is 2.15. The molecule has 0 saturated carbocycles. The zero-order valence-corrected chi connectivity index (χ0v) is 12.8. The second kappa shape index (κ2) is 6.91. The number of aromatic nitrogens is 1. The van der Waals surface area contributed by atoms with E-state index in [2.05, 4.69) is 15.5 Å². The van der Waals surface area contributed by atoms with Gasteiger partial charge in [0, 0.05) is 24.4 Å². The predicted molar refractivity (Wildman–Crippen MR) is 86.0 cm³/mol. The molecule has 0 spiro atoms. The Balaban J connectivity index is 1.73. The highest BCUT2D eigenvalue weighted by Crippen LogP contribution is 2.30. The number of hydrogen-bond acceptors (Lipinski definition) is 5. The summed E-state index contributed by atoms with van der Waals surface area (Å²) in [5.74, 6) is 1.14. The van der Waals surface area contributed by atoms with Crippen LogP contribution in [0.25, 0.3) is 0 Å². The van der Waals surface area contributed by atoms with Gasteiger partial charge in [-0.2, -0.15) is 5.10 Å². The van der Waals surface area contributed by atoms with Gasteiger partial charge in [-0.05, 0) is 37.3 Å². The maximum Gasteiger partial charge on any atom is 0.272 e. The lowest BCUT2D eigenvalue weighted by molar-refractivity contribution is 0.0954. The Morgan fingerprint density at radius 1 is 1.17 bits per heavy atom. The monoisotopic (exact) mass is 311 g/mol. The van der Waals surface area contributed by atoms with Gasteiger partial charge in [0.1, 0.15) is 0 Å². The number of rotatable bonds is 3. The van der Waals surface area contributed by atoms with E-state index in [1.807, 2.05) is 25.1 Å². The first-order chi connectivity index (χ1) is 11.2. The topological polar surface area (TPSA) is 72.8 Å². The third kappa shape index (κ3) is 3.66. The molecule has 0 atom stereocenters. The van der Waals surface area contributed by atoms with Crippen LogP contribution in [-0.4, -0.2) is 29.8 Å². The summed E-state index contributed by atoms with van der Waals surface area (Å²) in [4.78, 5) is 15.9. The smallest absolute Gasteiger partial charge is 0.272 e. The fraction of sp³-hybridized carbons (Fsp3) is 0.235. The molecule has 2 aromatic rings. The Hall–Kier alpha value is -2.89. The van der Waals surface area contributed by atoms with Crippen LogP contribution in [0.2, 0.25) is 0 Å². The third-order valence-corrected chi connectivity index (χ3v) is 3.41. The van der Waals surface area contributed by atoms with Crippen LogP contribution in [0.1, 0.15) is 29.3 Å². The summed E-state index contributed by atoms with van der Waals surface area (Å²) in [6.45, 7) is 3.10. The molecule has 1 aromatic heterocycles. The Kier molecular flexibility index (Phi) is 4.52. The van der Waals surface area contributed by atoms with Crippen LogP contribution in [0.3, 0.4) is 0 Å². The van der Waals surface area contributed by atoms with Crippen LogP contribution in [0.4, 0.5) is 0 Å². The average Bonchev–Trinajstić information content (AvgIpc) is 2.84. The van der Waals surface area contributed by atoms with Crippen molar-refractivity contribution in [2.24, 2.45) is 5.10 Å². The summed E-state index contributed by atoms with van der Waals surface area (Å²) in [5.41, 5.74) is 4.53. The van der Waals surface area contributed by atoms with Gasteiger partial charge in [-0.15, -0.1) is 0 Å². The van der Waals surface area contributed by atoms with Gasteiger partial charge in [-0.3, -0.25) is 9.78 Å². The number of carbonyl (C=O) groups is 1. The zero-order chi connectivity index (χ0) is 16.1. The van der Waals surface area contributed by atoms with E-state index in [9.17, 15) is 4.79 Å². The molecule has 118 valence electrons. The normalized spacial score (nSPS) is 14.0. The SMILES string of the molecule is C/C(=N/NC(=O)c1cccnc1)c1ccc2c(c1)OCCCO2. The van der Waals surface area contributed by atoms with Gasteiger partial charge in [0.15, 0.2) is 11.5 Å². The standard InChI is InChI=1S/C17H17N3O3/c1-12(19-20-17(21)14-4-2-7-18-11-14)13-5-6-15-16(10-13)23-9-3-8-22-15/h2,4-7,10-11H,3,8-9H2,1H3,(H,20,21)/b19-12-.